The summed E-state index contributed by atoms with van der Waals surface area (Å²) in [6.07, 6.45) is 6.92. The van der Waals surface area contributed by atoms with Crippen LogP contribution in [-0.4, -0.2) is 36.7 Å². The molecule has 0 atom stereocenters. The molecule has 1 aromatic heterocycles. The Kier molecular flexibility index (Phi) is 6.83. The van der Waals surface area contributed by atoms with Crippen molar-refractivity contribution in [1.29, 1.82) is 0 Å². The maximum absolute atomic E-state index is 12.8. The molecule has 2 heterocycles. The summed E-state index contributed by atoms with van der Waals surface area (Å²) in [5.41, 5.74) is 0.726. The van der Waals surface area contributed by atoms with E-state index >= 15 is 0 Å². The molecule has 3 rings (SSSR count). The SMILES string of the molecule is O=C(/C=C\c1ccc(S(=O)(=O)N2CCCCCC2)cc1)Nc1cccc(Cl)n1. The molecule has 0 bridgehead atoms. The molecular formula is C20H22ClN3O3S. The van der Waals surface area contributed by atoms with E-state index in [1.54, 1.807) is 52.8 Å². The first-order chi connectivity index (χ1) is 13.4. The van der Waals surface area contributed by atoms with Crippen LogP contribution in [-0.2, 0) is 14.8 Å². The van der Waals surface area contributed by atoms with Gasteiger partial charge in [0.25, 0.3) is 0 Å². The first-order valence-corrected chi connectivity index (χ1v) is 11.0. The lowest BCUT2D eigenvalue weighted by Gasteiger charge is -2.19. The second kappa shape index (κ2) is 9.32. The van der Waals surface area contributed by atoms with Gasteiger partial charge < -0.3 is 5.32 Å². The minimum atomic E-state index is -3.47. The zero-order valence-corrected chi connectivity index (χ0v) is 16.9. The number of pyridine rings is 1. The summed E-state index contributed by atoms with van der Waals surface area (Å²) in [5.74, 6) is 0.0112. The first-order valence-electron chi connectivity index (χ1n) is 9.17. The summed E-state index contributed by atoms with van der Waals surface area (Å²) in [4.78, 5) is 16.2. The van der Waals surface area contributed by atoms with Crippen molar-refractivity contribution in [2.45, 2.75) is 30.6 Å². The molecule has 1 amide bonds. The van der Waals surface area contributed by atoms with Crippen LogP contribution < -0.4 is 5.32 Å². The molecule has 2 aromatic rings. The fourth-order valence-corrected chi connectivity index (χ4v) is 4.68. The fourth-order valence-electron chi connectivity index (χ4n) is 3.00. The van der Waals surface area contributed by atoms with Crippen LogP contribution in [0.5, 0.6) is 0 Å². The third kappa shape index (κ3) is 5.41. The number of carbonyl (C=O) groups is 1. The molecule has 1 aliphatic heterocycles. The predicted molar refractivity (Wildman–Crippen MR) is 111 cm³/mol. The van der Waals surface area contributed by atoms with Gasteiger partial charge in [0.1, 0.15) is 11.0 Å². The average molecular weight is 420 g/mol. The molecule has 1 N–H and O–H groups in total. The van der Waals surface area contributed by atoms with Crippen molar-refractivity contribution >= 4 is 39.4 Å². The second-order valence-electron chi connectivity index (χ2n) is 6.56. The quantitative estimate of drug-likeness (QED) is 0.587. The van der Waals surface area contributed by atoms with E-state index in [1.807, 2.05) is 0 Å². The number of halogens is 1. The Morgan fingerprint density at radius 1 is 1.04 bits per heavy atom. The van der Waals surface area contributed by atoms with Gasteiger partial charge in [0.2, 0.25) is 15.9 Å². The number of sulfonamides is 1. The van der Waals surface area contributed by atoms with Crippen molar-refractivity contribution in [3.63, 3.8) is 0 Å². The van der Waals surface area contributed by atoms with E-state index in [-0.39, 0.29) is 10.8 Å². The molecule has 0 aliphatic carbocycles. The number of anilines is 1. The number of nitrogens with one attached hydrogen (secondary N) is 1. The Bertz CT molecular complexity index is 951. The largest absolute Gasteiger partial charge is 0.307 e. The number of hydrogen-bond donors (Lipinski definition) is 1. The molecule has 1 fully saturated rings. The summed E-state index contributed by atoms with van der Waals surface area (Å²) >= 11 is 5.79. The summed E-state index contributed by atoms with van der Waals surface area (Å²) in [6.45, 7) is 1.14. The minimum Gasteiger partial charge on any atom is -0.307 e. The van der Waals surface area contributed by atoms with Crippen LogP contribution in [0.4, 0.5) is 5.82 Å². The predicted octanol–water partition coefficient (Wildman–Crippen LogP) is 3.95. The first kappa shape index (κ1) is 20.5. The van der Waals surface area contributed by atoms with Crippen LogP contribution >= 0.6 is 11.6 Å². The lowest BCUT2D eigenvalue weighted by molar-refractivity contribution is -0.111. The minimum absolute atomic E-state index is 0.277. The van der Waals surface area contributed by atoms with E-state index in [9.17, 15) is 13.2 Å². The number of rotatable bonds is 5. The summed E-state index contributed by atoms with van der Waals surface area (Å²) in [6, 6.07) is 11.5. The fraction of sp³-hybridized carbons (Fsp3) is 0.300. The van der Waals surface area contributed by atoms with E-state index in [2.05, 4.69) is 10.3 Å². The standard InChI is InChI=1S/C20H22ClN3O3S/c21-18-6-5-7-19(22-18)23-20(25)13-10-16-8-11-17(12-9-16)28(26,27)24-14-3-1-2-4-15-24/h5-13H,1-4,14-15H2,(H,22,23,25)/b13-10-. The number of amides is 1. The van der Waals surface area contributed by atoms with Crippen molar-refractivity contribution in [3.05, 3.63) is 59.3 Å². The van der Waals surface area contributed by atoms with Crippen molar-refractivity contribution in [2.75, 3.05) is 18.4 Å². The number of nitrogens with zero attached hydrogens (tertiary/aromatic N) is 2. The molecule has 1 aliphatic rings. The Hall–Kier alpha value is -2.22. The molecule has 0 saturated carbocycles. The van der Waals surface area contributed by atoms with E-state index in [1.165, 1.54) is 6.08 Å². The molecular weight excluding hydrogens is 398 g/mol. The van der Waals surface area contributed by atoms with Gasteiger partial charge in [-0.1, -0.05) is 42.6 Å². The van der Waals surface area contributed by atoms with Gasteiger partial charge in [-0.25, -0.2) is 13.4 Å². The van der Waals surface area contributed by atoms with Crippen molar-refractivity contribution in [2.24, 2.45) is 0 Å². The van der Waals surface area contributed by atoms with Gasteiger partial charge in [-0.05, 0) is 48.7 Å². The van der Waals surface area contributed by atoms with Gasteiger partial charge in [0, 0.05) is 19.2 Å². The third-order valence-corrected chi connectivity index (χ3v) is 6.60. The molecule has 148 valence electrons. The van der Waals surface area contributed by atoms with Crippen LogP contribution in [0, 0.1) is 0 Å². The third-order valence-electron chi connectivity index (χ3n) is 4.48. The average Bonchev–Trinajstić information content (AvgIpc) is 2.97. The number of benzene rings is 1. The Morgan fingerprint density at radius 2 is 1.71 bits per heavy atom. The van der Waals surface area contributed by atoms with Crippen LogP contribution in [0.25, 0.3) is 6.08 Å². The van der Waals surface area contributed by atoms with E-state index in [0.717, 1.165) is 31.2 Å². The molecule has 1 aromatic carbocycles. The van der Waals surface area contributed by atoms with Crippen LogP contribution in [0.2, 0.25) is 5.15 Å². The topological polar surface area (TPSA) is 79.4 Å². The molecule has 6 nitrogen and oxygen atoms in total. The molecule has 0 radical (unpaired) electrons. The highest BCUT2D eigenvalue weighted by Crippen LogP contribution is 2.21. The van der Waals surface area contributed by atoms with Crippen molar-refractivity contribution in [3.8, 4) is 0 Å². The molecule has 0 spiro atoms. The van der Waals surface area contributed by atoms with Crippen LogP contribution in [0.1, 0.15) is 31.2 Å². The van der Waals surface area contributed by atoms with Gasteiger partial charge >= 0.3 is 0 Å². The van der Waals surface area contributed by atoms with E-state index in [4.69, 9.17) is 11.6 Å². The summed E-state index contributed by atoms with van der Waals surface area (Å²) in [7, 11) is -3.47. The van der Waals surface area contributed by atoms with Gasteiger partial charge in [0.15, 0.2) is 0 Å². The molecule has 8 heteroatoms. The number of aromatic nitrogens is 1. The zero-order chi connectivity index (χ0) is 20.0. The zero-order valence-electron chi connectivity index (χ0n) is 15.3. The number of carbonyl (C=O) groups excluding carboxylic acids is 1. The van der Waals surface area contributed by atoms with Gasteiger partial charge in [-0.3, -0.25) is 4.79 Å². The highest BCUT2D eigenvalue weighted by Gasteiger charge is 2.24. The van der Waals surface area contributed by atoms with Gasteiger partial charge in [-0.15, -0.1) is 0 Å². The lowest BCUT2D eigenvalue weighted by atomic mass is 10.2. The maximum atomic E-state index is 12.8. The van der Waals surface area contributed by atoms with Crippen LogP contribution in [0.3, 0.4) is 0 Å². The Balaban J connectivity index is 1.65. The Labute approximate surface area is 170 Å². The number of hydrogen-bond acceptors (Lipinski definition) is 4. The monoisotopic (exact) mass is 419 g/mol. The maximum Gasteiger partial charge on any atom is 0.249 e. The molecule has 1 saturated heterocycles. The molecule has 0 unspecified atom stereocenters. The highest BCUT2D eigenvalue weighted by atomic mass is 35.5. The molecule has 28 heavy (non-hydrogen) atoms. The van der Waals surface area contributed by atoms with E-state index < -0.39 is 10.0 Å². The highest BCUT2D eigenvalue weighted by molar-refractivity contribution is 7.89. The van der Waals surface area contributed by atoms with Crippen LogP contribution in [0.15, 0.2) is 53.4 Å². The normalized spacial score (nSPS) is 16.0. The smallest absolute Gasteiger partial charge is 0.249 e. The summed E-state index contributed by atoms with van der Waals surface area (Å²) < 4.78 is 27.1. The van der Waals surface area contributed by atoms with Crippen molar-refractivity contribution < 1.29 is 13.2 Å². The van der Waals surface area contributed by atoms with Gasteiger partial charge in [0.05, 0.1) is 4.90 Å². The van der Waals surface area contributed by atoms with E-state index in [0.29, 0.717) is 24.1 Å². The van der Waals surface area contributed by atoms with Crippen molar-refractivity contribution in [1.82, 2.24) is 9.29 Å². The lowest BCUT2D eigenvalue weighted by Crippen LogP contribution is -2.31. The summed E-state index contributed by atoms with van der Waals surface area (Å²) in [5, 5.41) is 2.91. The second-order valence-corrected chi connectivity index (χ2v) is 8.88. The Morgan fingerprint density at radius 3 is 2.36 bits per heavy atom. The van der Waals surface area contributed by atoms with Gasteiger partial charge in [-0.2, -0.15) is 4.31 Å².